The smallest absolute Gasteiger partial charge is 0.264 e. The predicted octanol–water partition coefficient (Wildman–Crippen LogP) is 2.96. The third-order valence-electron chi connectivity index (χ3n) is 2.84. The lowest BCUT2D eigenvalue weighted by atomic mass is 10.2. The van der Waals surface area contributed by atoms with Crippen LogP contribution in [0.25, 0.3) is 0 Å². The Labute approximate surface area is 122 Å². The maximum Gasteiger partial charge on any atom is 0.264 e. The first-order valence-corrected chi connectivity index (χ1v) is 6.45. The van der Waals surface area contributed by atoms with Crippen molar-refractivity contribution in [3.8, 4) is 5.75 Å². The standard InChI is InChI=1S/C15H15ClN2O2/c1-18(12-8-6-11(17)7-9-12)15(19)10-20-14-5-3-2-4-13(14)16/h2-9H,10,17H2,1H3. The number of rotatable bonds is 4. The van der Waals surface area contributed by atoms with Crippen molar-refractivity contribution >= 4 is 28.9 Å². The fourth-order valence-electron chi connectivity index (χ4n) is 1.64. The zero-order valence-corrected chi connectivity index (χ0v) is 11.8. The molecule has 0 spiro atoms. The first-order valence-electron chi connectivity index (χ1n) is 6.07. The van der Waals surface area contributed by atoms with Gasteiger partial charge in [0.1, 0.15) is 5.75 Å². The number of likely N-dealkylation sites (N-methyl/N-ethyl adjacent to an activating group) is 1. The molecule has 2 N–H and O–H groups in total. The lowest BCUT2D eigenvalue weighted by molar-refractivity contribution is -0.120. The van der Waals surface area contributed by atoms with Gasteiger partial charge in [-0.3, -0.25) is 4.79 Å². The average Bonchev–Trinajstić information content (AvgIpc) is 2.46. The highest BCUT2D eigenvalue weighted by Gasteiger charge is 2.12. The quantitative estimate of drug-likeness (QED) is 0.881. The molecule has 2 aromatic rings. The number of hydrogen-bond acceptors (Lipinski definition) is 3. The van der Waals surface area contributed by atoms with Gasteiger partial charge in [-0.15, -0.1) is 0 Å². The van der Waals surface area contributed by atoms with E-state index in [1.165, 1.54) is 4.90 Å². The van der Waals surface area contributed by atoms with Crippen molar-refractivity contribution in [3.63, 3.8) is 0 Å². The predicted molar refractivity (Wildman–Crippen MR) is 81.2 cm³/mol. The Hall–Kier alpha value is -2.20. The average molecular weight is 291 g/mol. The molecule has 4 nitrogen and oxygen atoms in total. The van der Waals surface area contributed by atoms with Crippen LogP contribution in [0.5, 0.6) is 5.75 Å². The number of carbonyl (C=O) groups excluding carboxylic acids is 1. The van der Waals surface area contributed by atoms with Crippen LogP contribution in [-0.4, -0.2) is 19.6 Å². The van der Waals surface area contributed by atoms with Crippen molar-refractivity contribution < 1.29 is 9.53 Å². The zero-order valence-electron chi connectivity index (χ0n) is 11.0. The van der Waals surface area contributed by atoms with Gasteiger partial charge in [-0.25, -0.2) is 0 Å². The van der Waals surface area contributed by atoms with Crippen LogP contribution in [0.2, 0.25) is 5.02 Å². The minimum absolute atomic E-state index is 0.0788. The Morgan fingerprint density at radius 2 is 1.85 bits per heavy atom. The third kappa shape index (κ3) is 3.42. The van der Waals surface area contributed by atoms with Crippen LogP contribution in [0, 0.1) is 0 Å². The molecule has 20 heavy (non-hydrogen) atoms. The second-order valence-electron chi connectivity index (χ2n) is 4.26. The molecular weight excluding hydrogens is 276 g/mol. The summed E-state index contributed by atoms with van der Waals surface area (Å²) in [5.41, 5.74) is 7.02. The van der Waals surface area contributed by atoms with Gasteiger partial charge in [-0.05, 0) is 36.4 Å². The van der Waals surface area contributed by atoms with E-state index in [1.807, 2.05) is 0 Å². The number of nitrogen functional groups attached to an aromatic ring is 1. The molecule has 1 amide bonds. The minimum atomic E-state index is -0.172. The van der Waals surface area contributed by atoms with Gasteiger partial charge >= 0.3 is 0 Å². The van der Waals surface area contributed by atoms with Gasteiger partial charge in [0.15, 0.2) is 6.61 Å². The molecule has 104 valence electrons. The Balaban J connectivity index is 1.98. The van der Waals surface area contributed by atoms with Crippen molar-refractivity contribution in [1.29, 1.82) is 0 Å². The van der Waals surface area contributed by atoms with Crippen LogP contribution in [0.15, 0.2) is 48.5 Å². The summed E-state index contributed by atoms with van der Waals surface area (Å²) in [4.78, 5) is 13.5. The van der Waals surface area contributed by atoms with E-state index in [9.17, 15) is 4.79 Å². The summed E-state index contributed by atoms with van der Waals surface area (Å²) < 4.78 is 5.42. The van der Waals surface area contributed by atoms with Gasteiger partial charge in [-0.2, -0.15) is 0 Å². The van der Waals surface area contributed by atoms with E-state index in [-0.39, 0.29) is 12.5 Å². The van der Waals surface area contributed by atoms with Crippen LogP contribution >= 0.6 is 11.6 Å². The molecule has 5 heteroatoms. The van der Waals surface area contributed by atoms with Crippen molar-refractivity contribution in [2.75, 3.05) is 24.3 Å². The molecule has 0 aliphatic carbocycles. The molecule has 0 saturated carbocycles. The molecule has 0 saturated heterocycles. The van der Waals surface area contributed by atoms with E-state index in [0.717, 1.165) is 5.69 Å². The SMILES string of the molecule is CN(C(=O)COc1ccccc1Cl)c1ccc(N)cc1. The number of benzene rings is 2. The first kappa shape index (κ1) is 14.2. The van der Waals surface area contributed by atoms with Crippen LogP contribution in [0.4, 0.5) is 11.4 Å². The maximum absolute atomic E-state index is 12.0. The summed E-state index contributed by atoms with van der Waals surface area (Å²) >= 11 is 5.96. The molecule has 0 fully saturated rings. The first-order chi connectivity index (χ1) is 9.58. The molecule has 2 rings (SSSR count). The highest BCUT2D eigenvalue weighted by molar-refractivity contribution is 6.32. The molecule has 0 unspecified atom stereocenters. The summed E-state index contributed by atoms with van der Waals surface area (Å²) in [7, 11) is 1.68. The number of hydrogen-bond donors (Lipinski definition) is 1. The van der Waals surface area contributed by atoms with Gasteiger partial charge in [0.2, 0.25) is 0 Å². The maximum atomic E-state index is 12.0. The Morgan fingerprint density at radius 3 is 2.50 bits per heavy atom. The number of ether oxygens (including phenoxy) is 1. The highest BCUT2D eigenvalue weighted by atomic mass is 35.5. The lowest BCUT2D eigenvalue weighted by Crippen LogP contribution is -2.31. The van der Waals surface area contributed by atoms with E-state index in [0.29, 0.717) is 16.5 Å². The summed E-state index contributed by atoms with van der Waals surface area (Å²) in [6.07, 6.45) is 0. The van der Waals surface area contributed by atoms with Gasteiger partial charge in [0.05, 0.1) is 5.02 Å². The summed E-state index contributed by atoms with van der Waals surface area (Å²) in [5.74, 6) is 0.322. The molecule has 0 aliphatic rings. The number of carbonyl (C=O) groups is 1. The molecule has 0 heterocycles. The number of halogens is 1. The zero-order chi connectivity index (χ0) is 14.5. The number of nitrogens with zero attached hydrogens (tertiary/aromatic N) is 1. The molecule has 0 radical (unpaired) electrons. The summed E-state index contributed by atoms with van der Waals surface area (Å²) in [6, 6.07) is 14.1. The second kappa shape index (κ2) is 6.30. The van der Waals surface area contributed by atoms with Crippen LogP contribution in [0.3, 0.4) is 0 Å². The van der Waals surface area contributed by atoms with Crippen molar-refractivity contribution in [3.05, 3.63) is 53.6 Å². The second-order valence-corrected chi connectivity index (χ2v) is 4.67. The monoisotopic (exact) mass is 290 g/mol. The fraction of sp³-hybridized carbons (Fsp3) is 0.133. The Bertz CT molecular complexity index is 599. The fourth-order valence-corrected chi connectivity index (χ4v) is 1.83. The van der Waals surface area contributed by atoms with Crippen LogP contribution < -0.4 is 15.4 Å². The van der Waals surface area contributed by atoms with Crippen molar-refractivity contribution in [2.24, 2.45) is 0 Å². The Kier molecular flexibility index (Phi) is 4.48. The molecule has 0 aliphatic heterocycles. The number of anilines is 2. The van der Waals surface area contributed by atoms with Gasteiger partial charge in [0.25, 0.3) is 5.91 Å². The minimum Gasteiger partial charge on any atom is -0.482 e. The van der Waals surface area contributed by atoms with E-state index in [1.54, 1.807) is 55.6 Å². The molecule has 0 atom stereocenters. The van der Waals surface area contributed by atoms with Crippen LogP contribution in [0.1, 0.15) is 0 Å². The molecular formula is C15H15ClN2O2. The molecule has 2 aromatic carbocycles. The van der Waals surface area contributed by atoms with Gasteiger partial charge < -0.3 is 15.4 Å². The number of amides is 1. The van der Waals surface area contributed by atoms with Gasteiger partial charge in [0, 0.05) is 18.4 Å². The lowest BCUT2D eigenvalue weighted by Gasteiger charge is -2.18. The normalized spacial score (nSPS) is 10.1. The van der Waals surface area contributed by atoms with E-state index >= 15 is 0 Å². The molecule has 0 aromatic heterocycles. The number of para-hydroxylation sites is 1. The molecule has 0 bridgehead atoms. The number of nitrogens with two attached hydrogens (primary N) is 1. The van der Waals surface area contributed by atoms with E-state index < -0.39 is 0 Å². The van der Waals surface area contributed by atoms with Gasteiger partial charge in [-0.1, -0.05) is 23.7 Å². The highest BCUT2D eigenvalue weighted by Crippen LogP contribution is 2.23. The summed E-state index contributed by atoms with van der Waals surface area (Å²) in [6.45, 7) is -0.0788. The van der Waals surface area contributed by atoms with Crippen LogP contribution in [-0.2, 0) is 4.79 Å². The van der Waals surface area contributed by atoms with E-state index in [4.69, 9.17) is 22.1 Å². The Morgan fingerprint density at radius 1 is 1.20 bits per heavy atom. The van der Waals surface area contributed by atoms with E-state index in [2.05, 4.69) is 0 Å². The van der Waals surface area contributed by atoms with Crippen molar-refractivity contribution in [1.82, 2.24) is 0 Å². The largest absolute Gasteiger partial charge is 0.482 e. The summed E-state index contributed by atoms with van der Waals surface area (Å²) in [5, 5.41) is 0.482. The topological polar surface area (TPSA) is 55.6 Å². The van der Waals surface area contributed by atoms with Crippen molar-refractivity contribution in [2.45, 2.75) is 0 Å². The third-order valence-corrected chi connectivity index (χ3v) is 3.15.